The molecule has 0 heterocycles. The van der Waals surface area contributed by atoms with Crippen LogP contribution in [0.25, 0.3) is 0 Å². The van der Waals surface area contributed by atoms with Gasteiger partial charge in [0.05, 0.1) is 0 Å². The molecule has 0 aromatic carbocycles. The normalized spacial score (nSPS) is 15.0. The topological polar surface area (TPSA) is 0 Å². The first-order valence-electron chi connectivity index (χ1n) is 2.82. The molecule has 0 atom stereocenters. The van der Waals surface area contributed by atoms with Crippen molar-refractivity contribution in [1.82, 2.24) is 0 Å². The van der Waals surface area contributed by atoms with E-state index in [1.54, 1.807) is 0 Å². The molecule has 0 bridgehead atoms. The van der Waals surface area contributed by atoms with Crippen LogP contribution in [0.4, 0.5) is 13.2 Å². The highest BCUT2D eigenvalue weighted by Gasteiger charge is 2.33. The third kappa shape index (κ3) is 2.60. The number of alkyl halides is 3. The molecule has 0 saturated heterocycles. The Labute approximate surface area is 62.7 Å². The van der Waals surface area contributed by atoms with Crippen molar-refractivity contribution in [2.75, 3.05) is 0 Å². The number of rotatable bonds is 1. The standard InChI is InChI=1S/C6H8ClF3/c1-3-5(4(2)7)6(8,9)10/h3H2,1-2H3. The molecule has 0 nitrogen and oxygen atoms in total. The molecule has 10 heavy (non-hydrogen) atoms. The Kier molecular flexibility index (Phi) is 3.22. The lowest BCUT2D eigenvalue weighted by Gasteiger charge is -2.09. The zero-order valence-corrected chi connectivity index (χ0v) is 6.47. The maximum absolute atomic E-state index is 11.8. The van der Waals surface area contributed by atoms with E-state index in [9.17, 15) is 13.2 Å². The fourth-order valence-corrected chi connectivity index (χ4v) is 0.880. The smallest absolute Gasteiger partial charge is 0.166 e. The van der Waals surface area contributed by atoms with Crippen LogP contribution in [0.3, 0.4) is 0 Å². The Hall–Kier alpha value is -0.180. The fourth-order valence-electron chi connectivity index (χ4n) is 0.639. The van der Waals surface area contributed by atoms with E-state index < -0.39 is 11.7 Å². The second-order valence-electron chi connectivity index (χ2n) is 1.86. The summed E-state index contributed by atoms with van der Waals surface area (Å²) in [6.45, 7) is 2.67. The van der Waals surface area contributed by atoms with E-state index in [0.717, 1.165) is 0 Å². The van der Waals surface area contributed by atoms with Gasteiger partial charge in [0.2, 0.25) is 0 Å². The van der Waals surface area contributed by atoms with Crippen LogP contribution >= 0.6 is 11.6 Å². The Morgan fingerprint density at radius 3 is 1.80 bits per heavy atom. The first-order valence-corrected chi connectivity index (χ1v) is 3.19. The van der Waals surface area contributed by atoms with Crippen molar-refractivity contribution in [3.8, 4) is 0 Å². The molecule has 0 radical (unpaired) electrons. The lowest BCUT2D eigenvalue weighted by molar-refractivity contribution is -0.0939. The Morgan fingerprint density at radius 1 is 1.40 bits per heavy atom. The predicted octanol–water partition coefficient (Wildman–Crippen LogP) is 3.47. The van der Waals surface area contributed by atoms with Crippen molar-refractivity contribution in [2.45, 2.75) is 26.4 Å². The highest BCUT2D eigenvalue weighted by Crippen LogP contribution is 2.31. The summed E-state index contributed by atoms with van der Waals surface area (Å²) < 4.78 is 35.5. The van der Waals surface area contributed by atoms with Crippen LogP contribution < -0.4 is 0 Å². The number of hydrogen-bond donors (Lipinski definition) is 0. The molecule has 60 valence electrons. The first kappa shape index (κ1) is 9.82. The highest BCUT2D eigenvalue weighted by molar-refractivity contribution is 6.29. The van der Waals surface area contributed by atoms with E-state index in [-0.39, 0.29) is 11.5 Å². The molecule has 0 amide bonds. The summed E-state index contributed by atoms with van der Waals surface area (Å²) in [7, 11) is 0. The maximum Gasteiger partial charge on any atom is 0.413 e. The predicted molar refractivity (Wildman–Crippen MR) is 34.9 cm³/mol. The highest BCUT2D eigenvalue weighted by atomic mass is 35.5. The van der Waals surface area contributed by atoms with E-state index in [2.05, 4.69) is 0 Å². The van der Waals surface area contributed by atoms with Crippen molar-refractivity contribution in [2.24, 2.45) is 0 Å². The third-order valence-electron chi connectivity index (χ3n) is 1.11. The molecule has 0 N–H and O–H groups in total. The van der Waals surface area contributed by atoms with Crippen LogP contribution in [0.1, 0.15) is 20.3 Å². The largest absolute Gasteiger partial charge is 0.413 e. The summed E-state index contributed by atoms with van der Waals surface area (Å²) in [6, 6.07) is 0. The quantitative estimate of drug-likeness (QED) is 0.568. The molecular weight excluding hydrogens is 165 g/mol. The lowest BCUT2D eigenvalue weighted by Crippen LogP contribution is -2.11. The second kappa shape index (κ2) is 3.28. The van der Waals surface area contributed by atoms with Crippen molar-refractivity contribution in [3.05, 3.63) is 10.6 Å². The molecule has 0 aromatic rings. The minimum atomic E-state index is -4.26. The van der Waals surface area contributed by atoms with Gasteiger partial charge in [0.1, 0.15) is 0 Å². The molecule has 0 unspecified atom stereocenters. The maximum atomic E-state index is 11.8. The summed E-state index contributed by atoms with van der Waals surface area (Å²) in [6.07, 6.45) is -4.33. The molecule has 4 heteroatoms. The van der Waals surface area contributed by atoms with Crippen LogP contribution in [0.15, 0.2) is 10.6 Å². The van der Waals surface area contributed by atoms with Crippen molar-refractivity contribution in [1.29, 1.82) is 0 Å². The van der Waals surface area contributed by atoms with Crippen LogP contribution in [0.5, 0.6) is 0 Å². The van der Waals surface area contributed by atoms with Crippen LogP contribution in [-0.2, 0) is 0 Å². The van der Waals surface area contributed by atoms with Gasteiger partial charge in [-0.25, -0.2) is 0 Å². The van der Waals surface area contributed by atoms with E-state index in [0.29, 0.717) is 0 Å². The monoisotopic (exact) mass is 172 g/mol. The van der Waals surface area contributed by atoms with Gasteiger partial charge in [-0.15, -0.1) is 0 Å². The zero-order valence-electron chi connectivity index (χ0n) is 5.72. The Balaban J connectivity index is 4.55. The molecule has 0 aliphatic carbocycles. The zero-order chi connectivity index (χ0) is 8.36. The average Bonchev–Trinajstić information content (AvgIpc) is 1.60. The van der Waals surface area contributed by atoms with E-state index in [1.165, 1.54) is 13.8 Å². The van der Waals surface area contributed by atoms with Gasteiger partial charge in [0.25, 0.3) is 0 Å². The van der Waals surface area contributed by atoms with Crippen molar-refractivity contribution < 1.29 is 13.2 Å². The van der Waals surface area contributed by atoms with E-state index >= 15 is 0 Å². The van der Waals surface area contributed by atoms with Crippen molar-refractivity contribution in [3.63, 3.8) is 0 Å². The molecule has 0 spiro atoms. The van der Waals surface area contributed by atoms with Crippen LogP contribution in [0, 0.1) is 0 Å². The number of allylic oxidation sites excluding steroid dienone is 2. The van der Waals surface area contributed by atoms with E-state index in [4.69, 9.17) is 11.6 Å². The molecule has 0 fully saturated rings. The number of halogens is 4. The minimum absolute atomic E-state index is 0.0706. The third-order valence-corrected chi connectivity index (χ3v) is 1.34. The van der Waals surface area contributed by atoms with Gasteiger partial charge in [-0.2, -0.15) is 13.2 Å². The van der Waals surface area contributed by atoms with Gasteiger partial charge in [0, 0.05) is 10.6 Å². The SMILES string of the molecule is CCC(=C(C)Cl)C(F)(F)F. The van der Waals surface area contributed by atoms with Gasteiger partial charge in [-0.1, -0.05) is 18.5 Å². The van der Waals surface area contributed by atoms with E-state index in [1.807, 2.05) is 0 Å². The summed E-state index contributed by atoms with van der Waals surface area (Å²) in [4.78, 5) is 0. The molecule has 0 aromatic heterocycles. The minimum Gasteiger partial charge on any atom is -0.166 e. The molecular formula is C6H8ClF3. The Bertz CT molecular complexity index is 142. The summed E-state index contributed by atoms with van der Waals surface area (Å²) in [5.74, 6) is 0. The van der Waals surface area contributed by atoms with Crippen LogP contribution in [0.2, 0.25) is 0 Å². The Morgan fingerprint density at radius 2 is 1.80 bits per heavy atom. The lowest BCUT2D eigenvalue weighted by atomic mass is 10.2. The number of hydrogen-bond acceptors (Lipinski definition) is 0. The summed E-state index contributed by atoms with van der Waals surface area (Å²) in [5.41, 5.74) is -0.644. The summed E-state index contributed by atoms with van der Waals surface area (Å²) >= 11 is 5.19. The average molecular weight is 173 g/mol. The van der Waals surface area contributed by atoms with Gasteiger partial charge in [-0.3, -0.25) is 0 Å². The van der Waals surface area contributed by atoms with Crippen molar-refractivity contribution >= 4 is 11.6 Å². The molecule has 0 rings (SSSR count). The van der Waals surface area contributed by atoms with Gasteiger partial charge in [-0.05, 0) is 13.3 Å². The van der Waals surface area contributed by atoms with Gasteiger partial charge in [0.15, 0.2) is 0 Å². The molecule has 0 aliphatic heterocycles. The second-order valence-corrected chi connectivity index (χ2v) is 2.43. The van der Waals surface area contributed by atoms with Crippen LogP contribution in [-0.4, -0.2) is 6.18 Å². The fraction of sp³-hybridized carbons (Fsp3) is 0.667. The van der Waals surface area contributed by atoms with Gasteiger partial charge >= 0.3 is 6.18 Å². The summed E-state index contributed by atoms with van der Waals surface area (Å²) in [5, 5.41) is -0.171. The molecule has 0 saturated carbocycles. The molecule has 0 aliphatic rings. The van der Waals surface area contributed by atoms with Gasteiger partial charge < -0.3 is 0 Å². The first-order chi connectivity index (χ1) is 4.39.